The first kappa shape index (κ1) is 23.8. The van der Waals surface area contributed by atoms with Crippen molar-refractivity contribution in [2.45, 2.75) is 31.8 Å². The van der Waals surface area contributed by atoms with E-state index in [9.17, 15) is 14.4 Å². The number of hydrogen-bond acceptors (Lipinski definition) is 5. The van der Waals surface area contributed by atoms with Gasteiger partial charge in [-0.2, -0.15) is 0 Å². The highest BCUT2D eigenvalue weighted by molar-refractivity contribution is 5.82. The third-order valence-corrected chi connectivity index (χ3v) is 6.69. The zero-order valence-corrected chi connectivity index (χ0v) is 19.2. The molecular weight excluding hydrogens is 436 g/mol. The number of carbonyl (C=O) groups excluding carboxylic acids is 2. The van der Waals surface area contributed by atoms with Gasteiger partial charge in [0.15, 0.2) is 0 Å². The Labute approximate surface area is 198 Å². The number of benzene rings is 2. The molecule has 0 radical (unpaired) electrons. The first-order chi connectivity index (χ1) is 16.5. The van der Waals surface area contributed by atoms with Crippen LogP contribution in [0.15, 0.2) is 48.5 Å². The maximum atomic E-state index is 12.5. The molecule has 0 saturated carbocycles. The van der Waals surface area contributed by atoms with Crippen LogP contribution < -0.4 is 10.6 Å². The van der Waals surface area contributed by atoms with Crippen LogP contribution in [-0.2, 0) is 19.1 Å². The summed E-state index contributed by atoms with van der Waals surface area (Å²) in [7, 11) is 0. The SMILES string of the molecule is CCC(CNC(=O)[C@@H]1OCC[C@@H]1CNC(=O)OCC1c2ccccc2-c2ccccc21)C(=O)O. The van der Waals surface area contributed by atoms with E-state index in [4.69, 9.17) is 14.6 Å². The monoisotopic (exact) mass is 466 g/mol. The molecule has 2 aliphatic rings. The second kappa shape index (κ2) is 10.7. The molecule has 1 fully saturated rings. The predicted molar refractivity (Wildman–Crippen MR) is 125 cm³/mol. The second-order valence-corrected chi connectivity index (χ2v) is 8.74. The summed E-state index contributed by atoms with van der Waals surface area (Å²) in [6, 6.07) is 16.3. The standard InChI is InChI=1S/C26H30N2O6/c1-2-16(25(30)31)13-27-24(29)23-17(11-12-33-23)14-28-26(32)34-15-22-20-9-5-3-7-18(20)19-8-4-6-10-21(19)22/h3-10,16-17,22-23H,2,11-15H2,1H3,(H,27,29)(H,28,32)(H,30,31)/t16?,17-,23-/m1/s1. The van der Waals surface area contributed by atoms with Crippen LogP contribution in [0.5, 0.6) is 0 Å². The van der Waals surface area contributed by atoms with Gasteiger partial charge in [-0.3, -0.25) is 9.59 Å². The highest BCUT2D eigenvalue weighted by atomic mass is 16.5. The number of fused-ring (bicyclic) bond motifs is 3. The molecule has 1 aliphatic heterocycles. The minimum absolute atomic E-state index is 0.0211. The van der Waals surface area contributed by atoms with Gasteiger partial charge in [-0.1, -0.05) is 55.5 Å². The average molecular weight is 467 g/mol. The Morgan fingerprint density at radius 2 is 1.71 bits per heavy atom. The van der Waals surface area contributed by atoms with Gasteiger partial charge in [-0.05, 0) is 35.1 Å². The predicted octanol–water partition coefficient (Wildman–Crippen LogP) is 3.16. The van der Waals surface area contributed by atoms with Gasteiger partial charge in [0.2, 0.25) is 5.91 Å². The van der Waals surface area contributed by atoms with Gasteiger partial charge in [-0.15, -0.1) is 0 Å². The minimum Gasteiger partial charge on any atom is -0.481 e. The third-order valence-electron chi connectivity index (χ3n) is 6.69. The van der Waals surface area contributed by atoms with Crippen LogP contribution in [0.25, 0.3) is 11.1 Å². The molecule has 180 valence electrons. The topological polar surface area (TPSA) is 114 Å². The number of alkyl carbamates (subject to hydrolysis) is 1. The summed E-state index contributed by atoms with van der Waals surface area (Å²) < 4.78 is 11.1. The van der Waals surface area contributed by atoms with E-state index in [-0.39, 0.29) is 37.4 Å². The molecule has 4 rings (SSSR count). The summed E-state index contributed by atoms with van der Waals surface area (Å²) >= 11 is 0. The summed E-state index contributed by atoms with van der Waals surface area (Å²) in [6.45, 7) is 2.68. The summed E-state index contributed by atoms with van der Waals surface area (Å²) in [5.41, 5.74) is 4.61. The quantitative estimate of drug-likeness (QED) is 0.523. The lowest BCUT2D eigenvalue weighted by atomic mass is 9.98. The number of carbonyl (C=O) groups is 3. The lowest BCUT2D eigenvalue weighted by molar-refractivity contribution is -0.142. The van der Waals surface area contributed by atoms with Crippen molar-refractivity contribution in [3.05, 3.63) is 59.7 Å². The van der Waals surface area contributed by atoms with E-state index in [1.54, 1.807) is 6.92 Å². The van der Waals surface area contributed by atoms with Crippen molar-refractivity contribution in [2.75, 3.05) is 26.3 Å². The second-order valence-electron chi connectivity index (χ2n) is 8.74. The van der Waals surface area contributed by atoms with Crippen molar-refractivity contribution < 1.29 is 29.0 Å². The van der Waals surface area contributed by atoms with Gasteiger partial charge in [0.1, 0.15) is 12.7 Å². The van der Waals surface area contributed by atoms with E-state index >= 15 is 0 Å². The number of aliphatic carboxylic acids is 1. The van der Waals surface area contributed by atoms with Crippen LogP contribution in [0.1, 0.15) is 36.8 Å². The fourth-order valence-corrected chi connectivity index (χ4v) is 4.73. The normalized spacial score (nSPS) is 19.7. The van der Waals surface area contributed by atoms with Crippen molar-refractivity contribution in [3.8, 4) is 11.1 Å². The maximum Gasteiger partial charge on any atom is 0.407 e. The zero-order chi connectivity index (χ0) is 24.1. The molecule has 1 unspecified atom stereocenters. The van der Waals surface area contributed by atoms with E-state index < -0.39 is 24.1 Å². The van der Waals surface area contributed by atoms with Gasteiger partial charge in [0.05, 0.1) is 5.92 Å². The number of hydrogen-bond donors (Lipinski definition) is 3. The molecule has 8 nitrogen and oxygen atoms in total. The van der Waals surface area contributed by atoms with Gasteiger partial charge >= 0.3 is 12.1 Å². The molecule has 2 aromatic rings. The lowest BCUT2D eigenvalue weighted by Crippen LogP contribution is -2.44. The molecule has 2 aromatic carbocycles. The van der Waals surface area contributed by atoms with E-state index in [1.165, 1.54) is 0 Å². The Hall–Kier alpha value is -3.39. The van der Waals surface area contributed by atoms with E-state index in [1.807, 2.05) is 24.3 Å². The molecule has 34 heavy (non-hydrogen) atoms. The number of amides is 2. The Kier molecular flexibility index (Phi) is 7.47. The van der Waals surface area contributed by atoms with Gasteiger partial charge < -0.3 is 25.2 Å². The number of nitrogens with one attached hydrogen (secondary N) is 2. The van der Waals surface area contributed by atoms with Crippen molar-refractivity contribution in [1.29, 1.82) is 0 Å². The fraction of sp³-hybridized carbons (Fsp3) is 0.423. The third kappa shape index (κ3) is 5.07. The van der Waals surface area contributed by atoms with Gasteiger partial charge in [0.25, 0.3) is 0 Å². The first-order valence-corrected chi connectivity index (χ1v) is 11.7. The summed E-state index contributed by atoms with van der Waals surface area (Å²) in [5, 5.41) is 14.6. The van der Waals surface area contributed by atoms with E-state index in [0.717, 1.165) is 22.3 Å². The molecule has 1 saturated heterocycles. The van der Waals surface area contributed by atoms with Crippen LogP contribution >= 0.6 is 0 Å². The van der Waals surface area contributed by atoms with Crippen LogP contribution in [0, 0.1) is 11.8 Å². The van der Waals surface area contributed by atoms with E-state index in [2.05, 4.69) is 34.9 Å². The number of carboxylic acids is 1. The fourth-order valence-electron chi connectivity index (χ4n) is 4.73. The number of ether oxygens (including phenoxy) is 2. The molecule has 3 N–H and O–H groups in total. The molecule has 0 spiro atoms. The van der Waals surface area contributed by atoms with Crippen LogP contribution in [-0.4, -0.2) is 55.5 Å². The molecular formula is C26H30N2O6. The van der Waals surface area contributed by atoms with Gasteiger partial charge in [0, 0.05) is 31.5 Å². The minimum atomic E-state index is -0.941. The summed E-state index contributed by atoms with van der Waals surface area (Å²) in [5.74, 6) is -2.15. The molecule has 0 aromatic heterocycles. The van der Waals surface area contributed by atoms with Crippen molar-refractivity contribution in [3.63, 3.8) is 0 Å². The van der Waals surface area contributed by atoms with Crippen molar-refractivity contribution in [1.82, 2.24) is 10.6 Å². The number of rotatable bonds is 9. The smallest absolute Gasteiger partial charge is 0.407 e. The zero-order valence-electron chi connectivity index (χ0n) is 19.2. The molecule has 2 amide bonds. The van der Waals surface area contributed by atoms with Crippen LogP contribution in [0.2, 0.25) is 0 Å². The Bertz CT molecular complexity index is 1010. The molecule has 0 bridgehead atoms. The van der Waals surface area contributed by atoms with Crippen molar-refractivity contribution >= 4 is 18.0 Å². The van der Waals surface area contributed by atoms with Crippen molar-refractivity contribution in [2.24, 2.45) is 11.8 Å². The Balaban J connectivity index is 1.28. The average Bonchev–Trinajstić information content (AvgIpc) is 3.44. The highest BCUT2D eigenvalue weighted by Crippen LogP contribution is 2.44. The van der Waals surface area contributed by atoms with E-state index in [0.29, 0.717) is 19.4 Å². The van der Waals surface area contributed by atoms with Crippen LogP contribution in [0.3, 0.4) is 0 Å². The highest BCUT2D eigenvalue weighted by Gasteiger charge is 2.35. The molecule has 3 atom stereocenters. The summed E-state index contributed by atoms with van der Waals surface area (Å²) in [6.07, 6.45) is -0.212. The van der Waals surface area contributed by atoms with Crippen LogP contribution in [0.4, 0.5) is 4.79 Å². The molecule has 8 heteroatoms. The largest absolute Gasteiger partial charge is 0.481 e. The Morgan fingerprint density at radius 1 is 1.06 bits per heavy atom. The van der Waals surface area contributed by atoms with Gasteiger partial charge in [-0.25, -0.2) is 4.79 Å². The lowest BCUT2D eigenvalue weighted by Gasteiger charge is -2.20. The molecule has 1 aliphatic carbocycles. The molecule has 1 heterocycles. The number of carboxylic acid groups (broad SMARTS) is 1. The first-order valence-electron chi connectivity index (χ1n) is 11.7. The maximum absolute atomic E-state index is 12.5. The Morgan fingerprint density at radius 3 is 2.32 bits per heavy atom. The summed E-state index contributed by atoms with van der Waals surface area (Å²) in [4.78, 5) is 36.1.